The Morgan fingerprint density at radius 2 is 2.41 bits per heavy atom. The molecule has 0 aliphatic rings. The Morgan fingerprint density at radius 3 is 3.00 bits per heavy atom. The molecule has 0 fully saturated rings. The first-order valence-corrected chi connectivity index (χ1v) is 5.52. The average Bonchev–Trinajstić information content (AvgIpc) is 2.64. The number of nitrogens with one attached hydrogen (secondary N) is 2. The van der Waals surface area contributed by atoms with Crippen LogP contribution in [0.25, 0.3) is 0 Å². The Morgan fingerprint density at radius 1 is 1.65 bits per heavy atom. The van der Waals surface area contributed by atoms with Crippen molar-refractivity contribution < 1.29 is 13.9 Å². The molecular formula is C11H19N3O3. The zero-order chi connectivity index (χ0) is 12.7. The quantitative estimate of drug-likeness (QED) is 0.714. The van der Waals surface area contributed by atoms with Gasteiger partial charge in [-0.3, -0.25) is 10.1 Å². The molecule has 0 aliphatic heterocycles. The second-order valence-corrected chi connectivity index (χ2v) is 3.89. The zero-order valence-corrected chi connectivity index (χ0v) is 10.4. The maximum atomic E-state index is 11.4. The van der Waals surface area contributed by atoms with Crippen molar-refractivity contribution in [3.05, 3.63) is 17.8 Å². The fraction of sp³-hybridized carbons (Fsp3) is 0.636. The van der Waals surface area contributed by atoms with E-state index in [4.69, 9.17) is 9.15 Å². The summed E-state index contributed by atoms with van der Waals surface area (Å²) in [5.41, 5.74) is 0. The van der Waals surface area contributed by atoms with Crippen LogP contribution in [-0.2, 0) is 16.1 Å². The molecule has 1 amide bonds. The second-order valence-electron chi connectivity index (χ2n) is 3.89. The van der Waals surface area contributed by atoms with Gasteiger partial charge in [-0.2, -0.15) is 0 Å². The number of carbonyl (C=O) groups is 1. The van der Waals surface area contributed by atoms with Gasteiger partial charge in [0.1, 0.15) is 5.76 Å². The lowest BCUT2D eigenvalue weighted by Gasteiger charge is -2.12. The summed E-state index contributed by atoms with van der Waals surface area (Å²) in [7, 11) is 1.60. The number of aromatic nitrogens is 1. The van der Waals surface area contributed by atoms with Gasteiger partial charge in [0.15, 0.2) is 0 Å². The highest BCUT2D eigenvalue weighted by Crippen LogP contribution is 1.99. The molecule has 1 atom stereocenters. The first-order valence-electron chi connectivity index (χ1n) is 5.52. The standard InChI is InChI=1S/C11H19N3O3/c1-8(7-16-3)14-10(15)5-12-6-11-13-4-9(2)17-11/h4,8,12H,5-7H2,1-3H3,(H,14,15). The van der Waals surface area contributed by atoms with Crippen molar-refractivity contribution in [1.29, 1.82) is 0 Å². The van der Waals surface area contributed by atoms with Crippen LogP contribution in [0.3, 0.4) is 0 Å². The lowest BCUT2D eigenvalue weighted by atomic mass is 10.3. The van der Waals surface area contributed by atoms with E-state index in [0.29, 0.717) is 19.0 Å². The van der Waals surface area contributed by atoms with Gasteiger partial charge in [-0.1, -0.05) is 0 Å². The first-order chi connectivity index (χ1) is 8.11. The van der Waals surface area contributed by atoms with Crippen LogP contribution < -0.4 is 10.6 Å². The van der Waals surface area contributed by atoms with E-state index in [0.717, 1.165) is 5.76 Å². The van der Waals surface area contributed by atoms with Crippen molar-refractivity contribution in [3.8, 4) is 0 Å². The highest BCUT2D eigenvalue weighted by atomic mass is 16.5. The van der Waals surface area contributed by atoms with Crippen molar-refractivity contribution in [2.24, 2.45) is 0 Å². The van der Waals surface area contributed by atoms with Crippen LogP contribution in [0.4, 0.5) is 0 Å². The molecule has 1 aromatic rings. The van der Waals surface area contributed by atoms with Gasteiger partial charge in [-0.15, -0.1) is 0 Å². The predicted octanol–water partition coefficient (Wildman–Crippen LogP) is 0.224. The molecule has 6 heteroatoms. The molecule has 1 rings (SSSR count). The molecule has 96 valence electrons. The van der Waals surface area contributed by atoms with E-state index in [1.165, 1.54) is 0 Å². The van der Waals surface area contributed by atoms with Gasteiger partial charge in [-0.05, 0) is 13.8 Å². The summed E-state index contributed by atoms with van der Waals surface area (Å²) in [5.74, 6) is 1.28. The third-order valence-electron chi connectivity index (χ3n) is 2.05. The van der Waals surface area contributed by atoms with Gasteiger partial charge in [0.25, 0.3) is 0 Å². The number of nitrogens with zero attached hydrogens (tertiary/aromatic N) is 1. The second kappa shape index (κ2) is 7.03. The van der Waals surface area contributed by atoms with Crippen LogP contribution >= 0.6 is 0 Å². The summed E-state index contributed by atoms with van der Waals surface area (Å²) in [4.78, 5) is 15.5. The minimum absolute atomic E-state index is 0.0123. The van der Waals surface area contributed by atoms with Crippen LogP contribution in [0.1, 0.15) is 18.6 Å². The average molecular weight is 241 g/mol. The van der Waals surface area contributed by atoms with Gasteiger partial charge in [0, 0.05) is 13.2 Å². The molecule has 0 saturated carbocycles. The number of hydrogen-bond donors (Lipinski definition) is 2. The Hall–Kier alpha value is -1.40. The Bertz CT molecular complexity index is 351. The monoisotopic (exact) mass is 241 g/mol. The topological polar surface area (TPSA) is 76.4 Å². The van der Waals surface area contributed by atoms with Gasteiger partial charge in [0.05, 0.1) is 25.9 Å². The summed E-state index contributed by atoms with van der Waals surface area (Å²) >= 11 is 0. The number of ether oxygens (including phenoxy) is 1. The molecule has 1 aromatic heterocycles. The molecule has 17 heavy (non-hydrogen) atoms. The third kappa shape index (κ3) is 5.46. The van der Waals surface area contributed by atoms with E-state index in [2.05, 4.69) is 15.6 Å². The molecule has 2 N–H and O–H groups in total. The van der Waals surface area contributed by atoms with E-state index in [1.807, 2.05) is 13.8 Å². The molecule has 0 saturated heterocycles. The molecule has 0 aliphatic carbocycles. The summed E-state index contributed by atoms with van der Waals surface area (Å²) in [6, 6.07) is 0.0123. The van der Waals surface area contributed by atoms with Gasteiger partial charge in [-0.25, -0.2) is 4.98 Å². The van der Waals surface area contributed by atoms with Crippen molar-refractivity contribution >= 4 is 5.91 Å². The van der Waals surface area contributed by atoms with Crippen LogP contribution in [0.5, 0.6) is 0 Å². The Kier molecular flexibility index (Phi) is 5.65. The van der Waals surface area contributed by atoms with Crippen molar-refractivity contribution in [2.75, 3.05) is 20.3 Å². The van der Waals surface area contributed by atoms with Crippen molar-refractivity contribution in [1.82, 2.24) is 15.6 Å². The number of hydrogen-bond acceptors (Lipinski definition) is 5. The van der Waals surface area contributed by atoms with Crippen molar-refractivity contribution in [2.45, 2.75) is 26.4 Å². The normalized spacial score (nSPS) is 12.4. The number of carbonyl (C=O) groups excluding carboxylic acids is 1. The minimum Gasteiger partial charge on any atom is -0.445 e. The minimum atomic E-state index is -0.0715. The maximum Gasteiger partial charge on any atom is 0.234 e. The highest BCUT2D eigenvalue weighted by molar-refractivity contribution is 5.78. The Labute approximate surface area is 101 Å². The summed E-state index contributed by atoms with van der Waals surface area (Å²) in [6.07, 6.45) is 1.65. The third-order valence-corrected chi connectivity index (χ3v) is 2.05. The lowest BCUT2D eigenvalue weighted by Crippen LogP contribution is -2.40. The maximum absolute atomic E-state index is 11.4. The number of aryl methyl sites for hydroxylation is 1. The van der Waals surface area contributed by atoms with E-state index in [9.17, 15) is 4.79 Å². The lowest BCUT2D eigenvalue weighted by molar-refractivity contribution is -0.121. The molecule has 0 spiro atoms. The van der Waals surface area contributed by atoms with E-state index < -0.39 is 0 Å². The first kappa shape index (κ1) is 13.7. The molecule has 0 bridgehead atoms. The molecular weight excluding hydrogens is 222 g/mol. The van der Waals surface area contributed by atoms with E-state index in [1.54, 1.807) is 13.3 Å². The largest absolute Gasteiger partial charge is 0.445 e. The molecule has 1 heterocycles. The SMILES string of the molecule is COCC(C)NC(=O)CNCc1ncc(C)o1. The van der Waals surface area contributed by atoms with E-state index >= 15 is 0 Å². The highest BCUT2D eigenvalue weighted by Gasteiger charge is 2.07. The number of rotatable bonds is 7. The van der Waals surface area contributed by atoms with E-state index in [-0.39, 0.29) is 18.5 Å². The molecule has 1 unspecified atom stereocenters. The number of methoxy groups -OCH3 is 1. The van der Waals surface area contributed by atoms with Gasteiger partial charge >= 0.3 is 0 Å². The molecule has 0 radical (unpaired) electrons. The van der Waals surface area contributed by atoms with Gasteiger partial charge < -0.3 is 14.5 Å². The van der Waals surface area contributed by atoms with Crippen LogP contribution in [0, 0.1) is 6.92 Å². The number of amides is 1. The number of oxazole rings is 1. The van der Waals surface area contributed by atoms with Crippen LogP contribution in [0.15, 0.2) is 10.6 Å². The van der Waals surface area contributed by atoms with Gasteiger partial charge in [0.2, 0.25) is 11.8 Å². The smallest absolute Gasteiger partial charge is 0.234 e. The summed E-state index contributed by atoms with van der Waals surface area (Å²) in [6.45, 7) is 4.90. The molecule has 0 aromatic carbocycles. The van der Waals surface area contributed by atoms with Crippen LogP contribution in [-0.4, -0.2) is 37.2 Å². The predicted molar refractivity (Wildman–Crippen MR) is 62.4 cm³/mol. The fourth-order valence-electron chi connectivity index (χ4n) is 1.38. The molecule has 6 nitrogen and oxygen atoms in total. The summed E-state index contributed by atoms with van der Waals surface area (Å²) in [5, 5.41) is 5.75. The van der Waals surface area contributed by atoms with Crippen molar-refractivity contribution in [3.63, 3.8) is 0 Å². The fourth-order valence-corrected chi connectivity index (χ4v) is 1.38. The Balaban J connectivity index is 2.16. The van der Waals surface area contributed by atoms with Crippen LogP contribution in [0.2, 0.25) is 0 Å². The zero-order valence-electron chi connectivity index (χ0n) is 10.4. The summed E-state index contributed by atoms with van der Waals surface area (Å²) < 4.78 is 10.2.